The molecule has 120 valence electrons. The normalized spacial score (nSPS) is 28.7. The van der Waals surface area contributed by atoms with E-state index in [2.05, 4.69) is 15.7 Å². The van der Waals surface area contributed by atoms with Crippen LogP contribution in [0.4, 0.5) is 0 Å². The molecular formula is C15H23N5O2. The number of piperazine rings is 1. The van der Waals surface area contributed by atoms with Gasteiger partial charge in [0.15, 0.2) is 0 Å². The van der Waals surface area contributed by atoms with Gasteiger partial charge < -0.3 is 15.5 Å². The SMILES string of the molecule is CCC1C(=O)NCCN1C(=O)[C@H]1CNC[C@@H]1c1cnn(C)c1. The zero-order valence-corrected chi connectivity index (χ0v) is 13.1. The molecule has 0 aromatic carbocycles. The number of amides is 2. The van der Waals surface area contributed by atoms with Gasteiger partial charge in [-0.25, -0.2) is 0 Å². The molecule has 1 aromatic heterocycles. The fourth-order valence-electron chi connectivity index (χ4n) is 3.52. The van der Waals surface area contributed by atoms with Crippen molar-refractivity contribution >= 4 is 11.8 Å². The molecule has 3 rings (SSSR count). The van der Waals surface area contributed by atoms with Crippen LogP contribution in [-0.2, 0) is 16.6 Å². The van der Waals surface area contributed by atoms with Gasteiger partial charge in [-0.3, -0.25) is 14.3 Å². The monoisotopic (exact) mass is 305 g/mol. The Morgan fingerprint density at radius 2 is 2.27 bits per heavy atom. The van der Waals surface area contributed by atoms with Crippen LogP contribution < -0.4 is 10.6 Å². The molecule has 0 radical (unpaired) electrons. The van der Waals surface area contributed by atoms with Crippen molar-refractivity contribution in [2.24, 2.45) is 13.0 Å². The van der Waals surface area contributed by atoms with Gasteiger partial charge in [0.2, 0.25) is 11.8 Å². The molecule has 7 heteroatoms. The third-order valence-corrected chi connectivity index (χ3v) is 4.68. The highest BCUT2D eigenvalue weighted by atomic mass is 16.2. The van der Waals surface area contributed by atoms with Gasteiger partial charge >= 0.3 is 0 Å². The van der Waals surface area contributed by atoms with Gasteiger partial charge in [-0.1, -0.05) is 6.92 Å². The minimum Gasteiger partial charge on any atom is -0.353 e. The fraction of sp³-hybridized carbons (Fsp3) is 0.667. The first-order valence-corrected chi connectivity index (χ1v) is 7.89. The van der Waals surface area contributed by atoms with E-state index >= 15 is 0 Å². The summed E-state index contributed by atoms with van der Waals surface area (Å²) in [5.41, 5.74) is 1.08. The number of hydrogen-bond acceptors (Lipinski definition) is 4. The van der Waals surface area contributed by atoms with Gasteiger partial charge in [0.25, 0.3) is 0 Å². The van der Waals surface area contributed by atoms with Gasteiger partial charge in [0, 0.05) is 45.3 Å². The van der Waals surface area contributed by atoms with E-state index in [1.807, 2.05) is 26.4 Å². The van der Waals surface area contributed by atoms with E-state index in [4.69, 9.17) is 0 Å². The molecule has 2 fully saturated rings. The predicted molar refractivity (Wildman–Crippen MR) is 81.1 cm³/mol. The van der Waals surface area contributed by atoms with Gasteiger partial charge in [-0.2, -0.15) is 5.10 Å². The Morgan fingerprint density at radius 3 is 2.95 bits per heavy atom. The summed E-state index contributed by atoms with van der Waals surface area (Å²) in [6.45, 7) is 4.52. The van der Waals surface area contributed by atoms with Crippen molar-refractivity contribution in [2.75, 3.05) is 26.2 Å². The van der Waals surface area contributed by atoms with E-state index in [1.165, 1.54) is 0 Å². The number of nitrogens with one attached hydrogen (secondary N) is 2. The Hall–Kier alpha value is -1.89. The lowest BCUT2D eigenvalue weighted by Gasteiger charge is -2.36. The number of rotatable bonds is 3. The van der Waals surface area contributed by atoms with Crippen molar-refractivity contribution in [3.05, 3.63) is 18.0 Å². The van der Waals surface area contributed by atoms with Gasteiger partial charge in [0.1, 0.15) is 6.04 Å². The molecular weight excluding hydrogens is 282 g/mol. The zero-order chi connectivity index (χ0) is 15.7. The molecule has 2 aliphatic heterocycles. The summed E-state index contributed by atoms with van der Waals surface area (Å²) >= 11 is 0. The molecule has 1 aromatic rings. The fourth-order valence-corrected chi connectivity index (χ4v) is 3.52. The largest absolute Gasteiger partial charge is 0.353 e. The topological polar surface area (TPSA) is 79.3 Å². The summed E-state index contributed by atoms with van der Waals surface area (Å²) in [6.07, 6.45) is 4.45. The molecule has 0 saturated carbocycles. The molecule has 2 N–H and O–H groups in total. The number of aromatic nitrogens is 2. The molecule has 2 saturated heterocycles. The molecule has 1 unspecified atom stereocenters. The summed E-state index contributed by atoms with van der Waals surface area (Å²) < 4.78 is 1.76. The van der Waals surface area contributed by atoms with Crippen LogP contribution in [0, 0.1) is 5.92 Å². The minimum absolute atomic E-state index is 0.0361. The Morgan fingerprint density at radius 1 is 1.45 bits per heavy atom. The van der Waals surface area contributed by atoms with Crippen molar-refractivity contribution < 1.29 is 9.59 Å². The number of carbonyl (C=O) groups is 2. The van der Waals surface area contributed by atoms with Gasteiger partial charge in [-0.15, -0.1) is 0 Å². The van der Waals surface area contributed by atoms with E-state index in [0.29, 0.717) is 26.1 Å². The van der Waals surface area contributed by atoms with Crippen molar-refractivity contribution in [3.63, 3.8) is 0 Å². The van der Waals surface area contributed by atoms with Gasteiger partial charge in [-0.05, 0) is 12.0 Å². The third-order valence-electron chi connectivity index (χ3n) is 4.68. The number of carbonyl (C=O) groups excluding carboxylic acids is 2. The Bertz CT molecular complexity index is 570. The van der Waals surface area contributed by atoms with Crippen LogP contribution in [0.5, 0.6) is 0 Å². The maximum absolute atomic E-state index is 13.0. The van der Waals surface area contributed by atoms with E-state index < -0.39 is 0 Å². The van der Waals surface area contributed by atoms with Crippen LogP contribution >= 0.6 is 0 Å². The van der Waals surface area contributed by atoms with Crippen LogP contribution in [0.2, 0.25) is 0 Å². The summed E-state index contributed by atoms with van der Waals surface area (Å²) in [7, 11) is 1.88. The highest BCUT2D eigenvalue weighted by molar-refractivity contribution is 5.90. The number of aryl methyl sites for hydroxylation is 1. The third kappa shape index (κ3) is 2.61. The lowest BCUT2D eigenvalue weighted by atomic mass is 9.89. The molecule has 2 amide bonds. The Balaban J connectivity index is 1.79. The second-order valence-corrected chi connectivity index (χ2v) is 6.07. The maximum atomic E-state index is 13.0. The van der Waals surface area contributed by atoms with Crippen LogP contribution in [0.3, 0.4) is 0 Å². The molecule has 0 bridgehead atoms. The summed E-state index contributed by atoms with van der Waals surface area (Å²) in [5, 5.41) is 10.4. The second-order valence-electron chi connectivity index (χ2n) is 6.07. The maximum Gasteiger partial charge on any atom is 0.242 e. The van der Waals surface area contributed by atoms with Crippen LogP contribution in [-0.4, -0.2) is 58.7 Å². The van der Waals surface area contributed by atoms with Crippen molar-refractivity contribution in [1.82, 2.24) is 25.3 Å². The molecule has 0 aliphatic carbocycles. The van der Waals surface area contributed by atoms with E-state index in [0.717, 1.165) is 12.1 Å². The standard InChI is InChI=1S/C15H23N5O2/c1-3-13-14(21)17-4-5-20(13)15(22)12-8-16-7-11(12)10-6-18-19(2)9-10/h6,9,11-13,16H,3-5,7-8H2,1-2H3,(H,17,21)/t11-,12+,13?/m1/s1. The molecule has 2 aliphatic rings. The highest BCUT2D eigenvalue weighted by Gasteiger charge is 2.41. The first-order valence-electron chi connectivity index (χ1n) is 7.89. The van der Waals surface area contributed by atoms with Crippen molar-refractivity contribution in [2.45, 2.75) is 25.3 Å². The zero-order valence-electron chi connectivity index (χ0n) is 13.1. The minimum atomic E-state index is -0.337. The smallest absolute Gasteiger partial charge is 0.242 e. The average Bonchev–Trinajstić information content (AvgIpc) is 3.14. The predicted octanol–water partition coefficient (Wildman–Crippen LogP) is -0.540. The van der Waals surface area contributed by atoms with Gasteiger partial charge in [0.05, 0.1) is 12.1 Å². The Labute approximate surface area is 130 Å². The average molecular weight is 305 g/mol. The summed E-state index contributed by atoms with van der Waals surface area (Å²) in [6, 6.07) is -0.337. The van der Waals surface area contributed by atoms with E-state index in [9.17, 15) is 9.59 Å². The van der Waals surface area contributed by atoms with E-state index in [1.54, 1.807) is 9.58 Å². The van der Waals surface area contributed by atoms with E-state index in [-0.39, 0.29) is 29.7 Å². The second kappa shape index (κ2) is 6.08. The Kier molecular flexibility index (Phi) is 4.15. The molecule has 3 atom stereocenters. The lowest BCUT2D eigenvalue weighted by molar-refractivity contribution is -0.146. The van der Waals surface area contributed by atoms with Crippen LogP contribution in [0.15, 0.2) is 12.4 Å². The van der Waals surface area contributed by atoms with Crippen LogP contribution in [0.1, 0.15) is 24.8 Å². The first-order chi connectivity index (χ1) is 10.6. The summed E-state index contributed by atoms with van der Waals surface area (Å²) in [5.74, 6) is 0.0550. The lowest BCUT2D eigenvalue weighted by Crippen LogP contribution is -2.58. The first kappa shape index (κ1) is 15.0. The molecule has 3 heterocycles. The molecule has 22 heavy (non-hydrogen) atoms. The molecule has 0 spiro atoms. The van der Waals surface area contributed by atoms with Crippen molar-refractivity contribution in [1.29, 1.82) is 0 Å². The quantitative estimate of drug-likeness (QED) is 0.786. The summed E-state index contributed by atoms with van der Waals surface area (Å²) in [4.78, 5) is 26.7. The van der Waals surface area contributed by atoms with Crippen LogP contribution in [0.25, 0.3) is 0 Å². The molecule has 7 nitrogen and oxygen atoms in total. The highest BCUT2D eigenvalue weighted by Crippen LogP contribution is 2.30. The van der Waals surface area contributed by atoms with Crippen molar-refractivity contribution in [3.8, 4) is 0 Å². The number of nitrogens with zero attached hydrogens (tertiary/aromatic N) is 3. The number of hydrogen-bond donors (Lipinski definition) is 2.